The molecule has 68 valence electrons. The number of rotatable bonds is 3. The maximum atomic E-state index is 11.5. The summed E-state index contributed by atoms with van der Waals surface area (Å²) in [5.41, 5.74) is -0.166. The third kappa shape index (κ3) is 6.58. The number of hydrogen-bond donors (Lipinski definition) is 0. The maximum absolute atomic E-state index is 11.5. The van der Waals surface area contributed by atoms with Gasteiger partial charge in [0.05, 0.1) is 5.60 Å². The zero-order valence-corrected chi connectivity index (χ0v) is 9.07. The van der Waals surface area contributed by atoms with E-state index >= 15 is 0 Å². The van der Waals surface area contributed by atoms with E-state index in [9.17, 15) is 4.57 Å². The molecule has 0 fully saturated rings. The van der Waals surface area contributed by atoms with E-state index in [1.807, 2.05) is 27.7 Å². The fraction of sp³-hybridized carbons (Fsp3) is 1.00. The summed E-state index contributed by atoms with van der Waals surface area (Å²) in [6.07, 6.45) is 1.14. The van der Waals surface area contributed by atoms with Crippen molar-refractivity contribution in [2.75, 3.05) is 19.2 Å². The Bertz CT molecular complexity index is 158. The smallest absolute Gasteiger partial charge is 0.109 e. The minimum Gasteiger partial charge on any atom is -0.368 e. The molecule has 0 spiro atoms. The molecule has 0 saturated heterocycles. The van der Waals surface area contributed by atoms with E-state index in [0.717, 1.165) is 6.16 Å². The molecule has 0 aliphatic rings. The molecule has 11 heavy (non-hydrogen) atoms. The van der Waals surface area contributed by atoms with Gasteiger partial charge in [0.25, 0.3) is 0 Å². The highest BCUT2D eigenvalue weighted by atomic mass is 31.2. The lowest BCUT2D eigenvalue weighted by atomic mass is 10.2. The second kappa shape index (κ2) is 3.73. The van der Waals surface area contributed by atoms with Crippen LogP contribution >= 0.6 is 7.14 Å². The monoisotopic (exact) mass is 178 g/mol. The SMILES string of the molecule is CCP(C)(=O)COC(C)(C)C. The molecule has 1 atom stereocenters. The molecule has 0 amide bonds. The van der Waals surface area contributed by atoms with Crippen molar-refractivity contribution < 1.29 is 9.30 Å². The van der Waals surface area contributed by atoms with Gasteiger partial charge in [-0.3, -0.25) is 0 Å². The summed E-state index contributed by atoms with van der Waals surface area (Å²) >= 11 is 0. The molecule has 0 aromatic rings. The van der Waals surface area contributed by atoms with Gasteiger partial charge < -0.3 is 9.30 Å². The molecule has 0 saturated carbocycles. The van der Waals surface area contributed by atoms with Crippen LogP contribution in [0, 0.1) is 0 Å². The molecule has 0 bridgehead atoms. The van der Waals surface area contributed by atoms with Crippen molar-refractivity contribution in [1.82, 2.24) is 0 Å². The fourth-order valence-corrected chi connectivity index (χ4v) is 1.26. The van der Waals surface area contributed by atoms with Crippen LogP contribution in [0.2, 0.25) is 0 Å². The van der Waals surface area contributed by atoms with Crippen molar-refractivity contribution in [2.24, 2.45) is 0 Å². The minimum absolute atomic E-state index is 0.166. The first-order valence-corrected chi connectivity index (χ1v) is 6.49. The Morgan fingerprint density at radius 2 is 1.82 bits per heavy atom. The summed E-state index contributed by atoms with van der Waals surface area (Å²) in [4.78, 5) is 0. The van der Waals surface area contributed by atoms with E-state index in [1.165, 1.54) is 0 Å². The second-order valence-electron chi connectivity index (χ2n) is 4.00. The van der Waals surface area contributed by atoms with Crippen LogP contribution < -0.4 is 0 Å². The van der Waals surface area contributed by atoms with Crippen LogP contribution in [0.4, 0.5) is 0 Å². The Hall–Kier alpha value is 0.190. The molecular formula is C8H19O2P. The van der Waals surface area contributed by atoms with Crippen LogP contribution in [0.3, 0.4) is 0 Å². The van der Waals surface area contributed by atoms with Crippen LogP contribution in [-0.2, 0) is 9.30 Å². The molecule has 1 unspecified atom stereocenters. The lowest BCUT2D eigenvalue weighted by Gasteiger charge is -2.22. The first-order valence-electron chi connectivity index (χ1n) is 3.96. The van der Waals surface area contributed by atoms with Crippen molar-refractivity contribution in [3.8, 4) is 0 Å². The van der Waals surface area contributed by atoms with Crippen molar-refractivity contribution >= 4 is 7.14 Å². The average Bonchev–Trinajstić information content (AvgIpc) is 1.83. The molecule has 2 nitrogen and oxygen atoms in total. The molecule has 0 heterocycles. The number of ether oxygens (including phenoxy) is 1. The topological polar surface area (TPSA) is 26.3 Å². The quantitative estimate of drug-likeness (QED) is 0.621. The van der Waals surface area contributed by atoms with E-state index in [0.29, 0.717) is 6.35 Å². The number of hydrogen-bond acceptors (Lipinski definition) is 2. The highest BCUT2D eigenvalue weighted by Crippen LogP contribution is 2.41. The fourth-order valence-electron chi connectivity index (χ4n) is 0.421. The van der Waals surface area contributed by atoms with Crippen molar-refractivity contribution in [3.63, 3.8) is 0 Å². The van der Waals surface area contributed by atoms with Gasteiger partial charge in [-0.2, -0.15) is 0 Å². The maximum Gasteiger partial charge on any atom is 0.109 e. The molecule has 0 aromatic heterocycles. The highest BCUT2D eigenvalue weighted by molar-refractivity contribution is 7.62. The van der Waals surface area contributed by atoms with Crippen molar-refractivity contribution in [2.45, 2.75) is 33.3 Å². The van der Waals surface area contributed by atoms with E-state index in [-0.39, 0.29) is 5.60 Å². The molecule has 0 aromatic carbocycles. The van der Waals surface area contributed by atoms with Gasteiger partial charge in [0.1, 0.15) is 13.5 Å². The predicted octanol–water partition coefficient (Wildman–Crippen LogP) is 2.77. The normalized spacial score (nSPS) is 17.9. The van der Waals surface area contributed by atoms with Crippen LogP contribution in [0.5, 0.6) is 0 Å². The first kappa shape index (κ1) is 11.2. The standard InChI is InChI=1S/C8H19O2P/c1-6-11(5,9)7-10-8(2,3)4/h6-7H2,1-5H3. The van der Waals surface area contributed by atoms with E-state index in [2.05, 4.69) is 0 Å². The van der Waals surface area contributed by atoms with Crippen molar-refractivity contribution in [3.05, 3.63) is 0 Å². The Morgan fingerprint density at radius 3 is 2.09 bits per heavy atom. The summed E-state index contributed by atoms with van der Waals surface area (Å²) < 4.78 is 16.9. The zero-order chi connectivity index (χ0) is 9.12. The molecular weight excluding hydrogens is 159 g/mol. The second-order valence-corrected chi connectivity index (χ2v) is 7.48. The first-order chi connectivity index (χ1) is 4.77. The van der Waals surface area contributed by atoms with Crippen LogP contribution in [0.1, 0.15) is 27.7 Å². The third-order valence-corrected chi connectivity index (χ3v) is 3.45. The Labute approximate surface area is 69.7 Å². The summed E-state index contributed by atoms with van der Waals surface area (Å²) in [6.45, 7) is 9.65. The van der Waals surface area contributed by atoms with E-state index < -0.39 is 7.14 Å². The van der Waals surface area contributed by atoms with Gasteiger partial charge in [0, 0.05) is 0 Å². The summed E-state index contributed by atoms with van der Waals surface area (Å²) in [5, 5.41) is 0. The zero-order valence-electron chi connectivity index (χ0n) is 8.18. The summed E-state index contributed by atoms with van der Waals surface area (Å²) in [5.74, 6) is 0. The summed E-state index contributed by atoms with van der Waals surface area (Å²) in [7, 11) is -1.99. The average molecular weight is 178 g/mol. The van der Waals surface area contributed by atoms with Gasteiger partial charge in [-0.25, -0.2) is 0 Å². The van der Waals surface area contributed by atoms with Crippen LogP contribution in [0.25, 0.3) is 0 Å². The Kier molecular flexibility index (Phi) is 3.79. The Morgan fingerprint density at radius 1 is 1.36 bits per heavy atom. The van der Waals surface area contributed by atoms with Gasteiger partial charge in [0.2, 0.25) is 0 Å². The van der Waals surface area contributed by atoms with Gasteiger partial charge in [0.15, 0.2) is 0 Å². The Balaban J connectivity index is 3.80. The van der Waals surface area contributed by atoms with E-state index in [4.69, 9.17) is 4.74 Å². The molecule has 0 aliphatic carbocycles. The largest absolute Gasteiger partial charge is 0.368 e. The van der Waals surface area contributed by atoms with Crippen LogP contribution in [0.15, 0.2) is 0 Å². The molecule has 0 radical (unpaired) electrons. The van der Waals surface area contributed by atoms with E-state index in [1.54, 1.807) is 6.66 Å². The predicted molar refractivity (Wildman–Crippen MR) is 49.8 cm³/mol. The third-order valence-electron chi connectivity index (χ3n) is 1.44. The minimum atomic E-state index is -1.99. The van der Waals surface area contributed by atoms with Gasteiger partial charge in [-0.1, -0.05) is 6.92 Å². The highest BCUT2D eigenvalue weighted by Gasteiger charge is 2.17. The summed E-state index contributed by atoms with van der Waals surface area (Å²) in [6, 6.07) is 0. The van der Waals surface area contributed by atoms with Crippen LogP contribution in [-0.4, -0.2) is 24.8 Å². The van der Waals surface area contributed by atoms with Gasteiger partial charge >= 0.3 is 0 Å². The molecule has 0 N–H and O–H groups in total. The van der Waals surface area contributed by atoms with Crippen molar-refractivity contribution in [1.29, 1.82) is 0 Å². The molecule has 0 aliphatic heterocycles. The van der Waals surface area contributed by atoms with Gasteiger partial charge in [-0.15, -0.1) is 0 Å². The molecule has 3 heteroatoms. The lowest BCUT2D eigenvalue weighted by Crippen LogP contribution is -2.19. The van der Waals surface area contributed by atoms with Gasteiger partial charge in [-0.05, 0) is 33.6 Å². The molecule has 0 rings (SSSR count). The lowest BCUT2D eigenvalue weighted by molar-refractivity contribution is 0.0248.